The molecule has 4 aromatic carbocycles. The Bertz CT molecular complexity index is 3940. The number of aromatic amines is 2. The van der Waals surface area contributed by atoms with E-state index in [4.69, 9.17) is 65.8 Å². The van der Waals surface area contributed by atoms with Crippen LogP contribution in [0.25, 0.3) is 67.1 Å². The summed E-state index contributed by atoms with van der Waals surface area (Å²) >= 11 is 13.1. The molecule has 4 aromatic heterocycles. The maximum absolute atomic E-state index is 12.6. The Kier molecular flexibility index (Phi) is 18.5. The number of aromatic nitrogens is 6. The lowest BCUT2D eigenvalue weighted by Gasteiger charge is -2.16. The highest BCUT2D eigenvalue weighted by atomic mass is 35.5. The summed E-state index contributed by atoms with van der Waals surface area (Å²) in [6.07, 6.45) is -3.62. The van der Waals surface area contributed by atoms with Crippen LogP contribution >= 0.6 is 23.2 Å². The van der Waals surface area contributed by atoms with Crippen LogP contribution in [0.3, 0.4) is 0 Å². The number of carbonyl (C=O) groups excluding carboxylic acids is 1. The van der Waals surface area contributed by atoms with Crippen LogP contribution < -0.4 is 14.8 Å². The number of nitrogens with zero attached hydrogens (tertiary/aromatic N) is 5. The summed E-state index contributed by atoms with van der Waals surface area (Å²) < 4.78 is 93.1. The minimum absolute atomic E-state index is 0.119. The molecule has 25 nitrogen and oxygen atoms in total. The summed E-state index contributed by atoms with van der Waals surface area (Å²) in [6.45, 7) is 1.18. The van der Waals surface area contributed by atoms with Crippen LogP contribution in [0.5, 0.6) is 12.0 Å². The predicted molar refractivity (Wildman–Crippen MR) is 310 cm³/mol. The molecule has 0 bridgehead atoms. The van der Waals surface area contributed by atoms with Crippen LogP contribution in [0.15, 0.2) is 109 Å². The molecule has 8 N–H and O–H groups in total. The third-order valence-electron chi connectivity index (χ3n) is 14.2. The molecule has 85 heavy (non-hydrogen) atoms. The van der Waals surface area contributed by atoms with Crippen molar-refractivity contribution in [3.8, 4) is 56.8 Å². The molecule has 12 rings (SSSR count). The number of H-pyrrole nitrogens is 2. The van der Waals surface area contributed by atoms with Crippen LogP contribution in [-0.4, -0.2) is 202 Å². The monoisotopic (exact) mass is 1250 g/mol. The predicted octanol–water partition coefficient (Wildman–Crippen LogP) is 5.45. The quantitative estimate of drug-likeness (QED) is 0.0557. The number of aliphatic hydroxyl groups is 2. The lowest BCUT2D eigenvalue weighted by Crippen LogP contribution is -2.34. The zero-order valence-electron chi connectivity index (χ0n) is 45.1. The lowest BCUT2D eigenvalue weighted by molar-refractivity contribution is 0.00703. The molecule has 0 unspecified atom stereocenters. The first-order valence-corrected chi connectivity index (χ1v) is 30.3. The van der Waals surface area contributed by atoms with E-state index in [1.165, 1.54) is 11.9 Å². The fourth-order valence-electron chi connectivity index (χ4n) is 9.74. The highest BCUT2D eigenvalue weighted by Gasteiger charge is 2.50. The number of benzene rings is 4. The number of amides is 1. The van der Waals surface area contributed by atoms with Gasteiger partial charge in [-0.15, -0.1) is 0 Å². The van der Waals surface area contributed by atoms with Crippen molar-refractivity contribution in [2.75, 3.05) is 65.1 Å². The van der Waals surface area contributed by atoms with Gasteiger partial charge in [0, 0.05) is 36.8 Å². The molecule has 8 atom stereocenters. The van der Waals surface area contributed by atoms with Gasteiger partial charge in [-0.05, 0) is 65.7 Å². The topological polar surface area (TPSA) is 357 Å². The van der Waals surface area contributed by atoms with Crippen LogP contribution in [-0.2, 0) is 39.2 Å². The van der Waals surface area contributed by atoms with Gasteiger partial charge in [-0.25, -0.2) is 14.8 Å². The maximum Gasteiger partial charge on any atom is 0.335 e. The summed E-state index contributed by atoms with van der Waals surface area (Å²) in [5.74, 6) is -2.06. The van der Waals surface area contributed by atoms with E-state index in [0.29, 0.717) is 62.5 Å². The largest absolute Gasteiger partial charge is 0.478 e. The summed E-state index contributed by atoms with van der Waals surface area (Å²) in [5, 5.41) is 32.4. The SMILES string of the molecule is CN(CCS(=O)(=O)O)C(=O)c1ccc(-c2ccc(-c3nc4nc(O[C@@H]5CO[C@H]6[C@@H]5OC[C@H]6O)[nH]c4cc3Cl)cc2)cc1.CNCCS(=O)(=O)O.O=C(O)c1ccc(-c2ccc(-c3nc4nc(O[C@@H]5CO[C@H]6[C@@H]5OC[C@H]6O)[nH]c4cc3Cl)cc2)cc1. The molecular weight excluding hydrogens is 1190 g/mol. The number of aliphatic hydroxyl groups excluding tert-OH is 2. The van der Waals surface area contributed by atoms with Gasteiger partial charge in [-0.1, -0.05) is 96.0 Å². The van der Waals surface area contributed by atoms with Gasteiger partial charge in [-0.2, -0.15) is 26.8 Å². The number of carboxylic acid groups (broad SMARTS) is 1. The fraction of sp³-hybridized carbons (Fsp3) is 0.321. The second-order valence-corrected chi connectivity index (χ2v) is 24.1. The van der Waals surface area contributed by atoms with E-state index in [0.717, 1.165) is 33.4 Å². The number of pyridine rings is 2. The van der Waals surface area contributed by atoms with E-state index in [1.54, 1.807) is 67.7 Å². The maximum atomic E-state index is 12.6. The molecule has 4 fully saturated rings. The zero-order chi connectivity index (χ0) is 60.3. The first-order valence-electron chi connectivity index (χ1n) is 26.3. The average Bonchev–Trinajstić information content (AvgIpc) is 2.54. The Balaban J connectivity index is 0.000000170. The molecule has 4 saturated heterocycles. The number of hydrogen-bond acceptors (Lipinski definition) is 19. The molecule has 448 valence electrons. The van der Waals surface area contributed by atoms with Gasteiger partial charge in [0.2, 0.25) is 0 Å². The van der Waals surface area contributed by atoms with Crippen LogP contribution in [0, 0.1) is 0 Å². The number of aromatic carboxylic acids is 1. The molecule has 0 radical (unpaired) electrons. The number of ether oxygens (including phenoxy) is 6. The van der Waals surface area contributed by atoms with Crippen LogP contribution in [0.2, 0.25) is 10.0 Å². The highest BCUT2D eigenvalue weighted by Crippen LogP contribution is 2.36. The van der Waals surface area contributed by atoms with Crippen molar-refractivity contribution in [1.82, 2.24) is 40.1 Å². The smallest absolute Gasteiger partial charge is 0.335 e. The highest BCUT2D eigenvalue weighted by molar-refractivity contribution is 7.86. The van der Waals surface area contributed by atoms with Gasteiger partial charge >= 0.3 is 5.97 Å². The van der Waals surface area contributed by atoms with Crippen molar-refractivity contribution in [3.63, 3.8) is 0 Å². The summed E-state index contributed by atoms with van der Waals surface area (Å²) in [4.78, 5) is 49.2. The standard InChI is InChI=1S/C28H27ClN4O8S.C25H20ClN3O6.C3H9NO3S/c1-33(10-11-42(36,37)38)27(35)18-8-4-16(5-9-18)15-2-6-17(7-3-15)23-19(29)12-20-26(31-23)32-28(30-20)41-22-14-40-24-21(34)13-39-25(22)24;26-16-9-17-23(29-25(27-17)35-19-11-34-21-18(30)10-33-22(19)21)28-20(16)14-5-1-12(2-6-14)13-3-7-15(8-4-13)24(31)32;1-4-2-3-8(5,6)7/h2-9,12,21-22,24-25,34H,10-11,13-14H2,1H3,(H,30,31,32)(H,36,37,38);1-9,18-19,21-22,30H,10-11H2,(H,31,32)(H,27,28,29);4H,2-3H2,1H3,(H,5,6,7)/t21-,22-,24-,25-;18-,19-,21-,22-;/m11./s1. The third kappa shape index (κ3) is 14.6. The van der Waals surface area contributed by atoms with Gasteiger partial charge in [0.15, 0.2) is 23.5 Å². The fourth-order valence-corrected chi connectivity index (χ4v) is 11.2. The summed E-state index contributed by atoms with van der Waals surface area (Å²) in [7, 11) is -4.81. The molecule has 4 aliphatic heterocycles. The van der Waals surface area contributed by atoms with E-state index in [2.05, 4.69) is 35.2 Å². The van der Waals surface area contributed by atoms with E-state index >= 15 is 0 Å². The Morgan fingerprint density at radius 2 is 0.965 bits per heavy atom. The van der Waals surface area contributed by atoms with Gasteiger partial charge in [0.1, 0.15) is 36.6 Å². The Labute approximate surface area is 495 Å². The number of carbonyl (C=O) groups is 2. The van der Waals surface area contributed by atoms with Crippen LogP contribution in [0.1, 0.15) is 20.7 Å². The average molecular weight is 1250 g/mol. The molecule has 4 aliphatic rings. The Morgan fingerprint density at radius 3 is 1.34 bits per heavy atom. The van der Waals surface area contributed by atoms with Gasteiger partial charge in [0.25, 0.3) is 38.2 Å². The Morgan fingerprint density at radius 1 is 0.588 bits per heavy atom. The van der Waals surface area contributed by atoms with Crippen LogP contribution in [0.4, 0.5) is 0 Å². The summed E-state index contributed by atoms with van der Waals surface area (Å²) in [6, 6.07) is 32.9. The number of halogens is 2. The number of imidazole rings is 2. The lowest BCUT2D eigenvalue weighted by atomic mass is 10.0. The van der Waals surface area contributed by atoms with Crippen molar-refractivity contribution in [2.45, 2.75) is 48.8 Å². The second kappa shape index (κ2) is 25.8. The summed E-state index contributed by atoms with van der Waals surface area (Å²) in [5.41, 5.74) is 9.11. The van der Waals surface area contributed by atoms with Gasteiger partial charge < -0.3 is 63.9 Å². The molecule has 1 amide bonds. The van der Waals surface area contributed by atoms with Crippen molar-refractivity contribution >= 4 is 77.6 Å². The second-order valence-electron chi connectivity index (χ2n) is 20.1. The number of fused-ring (bicyclic) bond motifs is 4. The normalized spacial score (nSPS) is 21.6. The van der Waals surface area contributed by atoms with E-state index in [-0.39, 0.29) is 80.0 Å². The number of hydrogen-bond donors (Lipinski definition) is 8. The number of carboxylic acids is 1. The molecule has 0 spiro atoms. The van der Waals surface area contributed by atoms with Crippen molar-refractivity contribution in [1.29, 1.82) is 0 Å². The van der Waals surface area contributed by atoms with Crippen molar-refractivity contribution in [3.05, 3.63) is 130 Å². The first kappa shape index (κ1) is 60.9. The van der Waals surface area contributed by atoms with E-state index in [9.17, 15) is 36.6 Å². The van der Waals surface area contributed by atoms with E-state index in [1.807, 2.05) is 48.5 Å². The third-order valence-corrected chi connectivity index (χ3v) is 16.2. The molecular formula is C56H56Cl2N8O17S2. The van der Waals surface area contributed by atoms with Gasteiger partial charge in [-0.3, -0.25) is 13.9 Å². The first-order chi connectivity index (χ1) is 40.6. The zero-order valence-corrected chi connectivity index (χ0v) is 48.3. The van der Waals surface area contributed by atoms with Crippen molar-refractivity contribution in [2.24, 2.45) is 0 Å². The number of nitrogens with one attached hydrogen (secondary N) is 3. The Hall–Kier alpha value is -7.22. The van der Waals surface area contributed by atoms with Gasteiger partial charge in [0.05, 0.1) is 76.0 Å². The minimum atomic E-state index is -4.16. The van der Waals surface area contributed by atoms with Crippen molar-refractivity contribution < 1.29 is 79.3 Å². The molecule has 0 aliphatic carbocycles. The van der Waals surface area contributed by atoms with E-state index < -0.39 is 56.4 Å². The molecule has 8 heterocycles. The molecule has 0 saturated carbocycles. The number of rotatable bonds is 16. The molecule has 29 heteroatoms. The molecule has 8 aromatic rings. The minimum Gasteiger partial charge on any atom is -0.478 e.